The van der Waals surface area contributed by atoms with Gasteiger partial charge in [-0.1, -0.05) is 6.58 Å². The number of carboxylic acids is 1. The molecule has 74 valence electrons. The molecule has 13 heavy (non-hydrogen) atoms. The van der Waals surface area contributed by atoms with E-state index in [1.54, 1.807) is 0 Å². The van der Waals surface area contributed by atoms with Gasteiger partial charge in [0, 0.05) is 17.2 Å². The molecule has 0 aliphatic carbocycles. The molecule has 5 heteroatoms. The Balaban J connectivity index is 3.31. The first kappa shape index (κ1) is 12.0. The molecule has 1 N–H and O–H groups in total. The summed E-state index contributed by atoms with van der Waals surface area (Å²) in [7, 11) is 0. The number of ether oxygens (including phenoxy) is 1. The fraction of sp³-hybridized carbons (Fsp3) is 0.500. The first-order chi connectivity index (χ1) is 6.04. The molecule has 0 aromatic carbocycles. The van der Waals surface area contributed by atoms with Crippen molar-refractivity contribution in [2.45, 2.75) is 19.3 Å². The number of aliphatic carboxylic acids is 1. The first-order valence-electron chi connectivity index (χ1n) is 3.77. The highest BCUT2D eigenvalue weighted by atomic mass is 35.5. The summed E-state index contributed by atoms with van der Waals surface area (Å²) in [6, 6.07) is 0. The average Bonchev–Trinajstić information content (AvgIpc) is 2.02. The number of hydrogen-bond acceptors (Lipinski definition) is 3. The molecule has 0 aromatic rings. The predicted molar refractivity (Wildman–Crippen MR) is 47.8 cm³/mol. The first-order valence-corrected chi connectivity index (χ1v) is 4.15. The third-order valence-corrected chi connectivity index (χ3v) is 1.50. The fourth-order valence-electron chi connectivity index (χ4n) is 0.700. The van der Waals surface area contributed by atoms with Gasteiger partial charge in [-0.15, -0.1) is 0 Å². The molecule has 0 radical (unpaired) electrons. The minimum absolute atomic E-state index is 0.164. The lowest BCUT2D eigenvalue weighted by molar-refractivity contribution is -0.132. The van der Waals surface area contributed by atoms with E-state index in [2.05, 4.69) is 11.3 Å². The van der Waals surface area contributed by atoms with E-state index in [0.29, 0.717) is 19.3 Å². The summed E-state index contributed by atoms with van der Waals surface area (Å²) in [5.74, 6) is -0.991. The topological polar surface area (TPSA) is 63.6 Å². The molecule has 0 unspecified atom stereocenters. The quantitative estimate of drug-likeness (QED) is 0.411. The summed E-state index contributed by atoms with van der Waals surface area (Å²) < 4.78 is 4.43. The highest BCUT2D eigenvalue weighted by Crippen LogP contribution is 2.05. The Morgan fingerprint density at radius 3 is 2.46 bits per heavy atom. The summed E-state index contributed by atoms with van der Waals surface area (Å²) in [5, 5.41) is 8.42. The van der Waals surface area contributed by atoms with E-state index in [4.69, 9.17) is 16.7 Å². The third-order valence-electron chi connectivity index (χ3n) is 1.39. The minimum Gasteiger partial charge on any atom is -0.478 e. The van der Waals surface area contributed by atoms with Crippen LogP contribution in [0.4, 0.5) is 4.79 Å². The van der Waals surface area contributed by atoms with Crippen molar-refractivity contribution < 1.29 is 19.4 Å². The normalized spacial score (nSPS) is 9.31. The molecule has 0 aliphatic rings. The van der Waals surface area contributed by atoms with Crippen molar-refractivity contribution in [2.75, 3.05) is 6.61 Å². The lowest BCUT2D eigenvalue weighted by Crippen LogP contribution is -2.00. The molecule has 0 rings (SSSR count). The maximum Gasteiger partial charge on any atom is 0.403 e. The number of unbranched alkanes of at least 4 members (excludes halogenated alkanes) is 1. The zero-order valence-electron chi connectivity index (χ0n) is 7.09. The second-order valence-corrected chi connectivity index (χ2v) is 2.76. The van der Waals surface area contributed by atoms with E-state index in [1.165, 1.54) is 0 Å². The second-order valence-electron chi connectivity index (χ2n) is 2.45. The van der Waals surface area contributed by atoms with Crippen molar-refractivity contribution in [3.8, 4) is 0 Å². The zero-order valence-corrected chi connectivity index (χ0v) is 7.84. The summed E-state index contributed by atoms with van der Waals surface area (Å²) in [4.78, 5) is 20.3. The monoisotopic (exact) mass is 206 g/mol. The number of hydrogen-bond donors (Lipinski definition) is 1. The van der Waals surface area contributed by atoms with Crippen molar-refractivity contribution >= 4 is 23.0 Å². The Labute approximate surface area is 81.1 Å². The zero-order chi connectivity index (χ0) is 10.3. The van der Waals surface area contributed by atoms with Crippen LogP contribution in [0.5, 0.6) is 0 Å². The molecule has 0 atom stereocenters. The lowest BCUT2D eigenvalue weighted by Gasteiger charge is -2.00. The number of halogens is 1. The third kappa shape index (κ3) is 7.33. The van der Waals surface area contributed by atoms with Crippen LogP contribution < -0.4 is 0 Å². The molecule has 0 aromatic heterocycles. The molecule has 0 spiro atoms. The van der Waals surface area contributed by atoms with E-state index in [0.717, 1.165) is 0 Å². The van der Waals surface area contributed by atoms with Crippen LogP contribution in [0.1, 0.15) is 19.3 Å². The van der Waals surface area contributed by atoms with Crippen molar-refractivity contribution in [3.05, 3.63) is 12.2 Å². The van der Waals surface area contributed by atoms with Crippen LogP contribution in [-0.4, -0.2) is 23.1 Å². The number of carboxylic acid groups (broad SMARTS) is 1. The Hall–Kier alpha value is -1.03. The van der Waals surface area contributed by atoms with Gasteiger partial charge in [-0.25, -0.2) is 9.59 Å². The van der Waals surface area contributed by atoms with Gasteiger partial charge < -0.3 is 9.84 Å². The molecule has 4 nitrogen and oxygen atoms in total. The summed E-state index contributed by atoms with van der Waals surface area (Å²) in [5.41, 5.74) is -0.672. The van der Waals surface area contributed by atoms with E-state index in [-0.39, 0.29) is 12.2 Å². The van der Waals surface area contributed by atoms with Crippen LogP contribution in [0, 0.1) is 0 Å². The number of carbonyl (C=O) groups excluding carboxylic acids is 1. The van der Waals surface area contributed by atoms with Crippen molar-refractivity contribution in [2.24, 2.45) is 0 Å². The van der Waals surface area contributed by atoms with Gasteiger partial charge in [0.1, 0.15) is 0 Å². The molecular weight excluding hydrogens is 196 g/mol. The molecule has 0 amide bonds. The van der Waals surface area contributed by atoms with Crippen LogP contribution in [0.2, 0.25) is 0 Å². The van der Waals surface area contributed by atoms with Gasteiger partial charge in [-0.2, -0.15) is 0 Å². The Morgan fingerprint density at radius 1 is 1.38 bits per heavy atom. The van der Waals surface area contributed by atoms with E-state index < -0.39 is 11.4 Å². The summed E-state index contributed by atoms with van der Waals surface area (Å²) in [6.45, 7) is 3.57. The maximum atomic E-state index is 10.3. The van der Waals surface area contributed by atoms with Crippen LogP contribution in [-0.2, 0) is 9.53 Å². The van der Waals surface area contributed by atoms with Crippen molar-refractivity contribution in [1.29, 1.82) is 0 Å². The van der Waals surface area contributed by atoms with Gasteiger partial charge in [-0.3, -0.25) is 0 Å². The molecule has 0 saturated carbocycles. The minimum atomic E-state index is -0.991. The molecule has 0 saturated heterocycles. The molecular formula is C8H11ClO4. The van der Waals surface area contributed by atoms with Crippen LogP contribution >= 0.6 is 11.6 Å². The van der Waals surface area contributed by atoms with Gasteiger partial charge in [-0.05, 0) is 19.3 Å². The predicted octanol–water partition coefficient (Wildman–Crippen LogP) is 2.17. The van der Waals surface area contributed by atoms with E-state index >= 15 is 0 Å². The number of carbonyl (C=O) groups is 2. The largest absolute Gasteiger partial charge is 0.478 e. The SMILES string of the molecule is C=C(CCCCOC(=O)Cl)C(=O)O. The van der Waals surface area contributed by atoms with Crippen molar-refractivity contribution in [1.82, 2.24) is 0 Å². The Kier molecular flexibility index (Phi) is 5.97. The van der Waals surface area contributed by atoms with Crippen LogP contribution in [0.15, 0.2) is 12.2 Å². The van der Waals surface area contributed by atoms with Gasteiger partial charge in [0.15, 0.2) is 0 Å². The maximum absolute atomic E-state index is 10.3. The number of rotatable bonds is 6. The molecule has 0 aliphatic heterocycles. The van der Waals surface area contributed by atoms with Gasteiger partial charge >= 0.3 is 11.4 Å². The summed E-state index contributed by atoms with van der Waals surface area (Å²) in [6.07, 6.45) is 1.61. The Bertz CT molecular complexity index is 212. The average molecular weight is 207 g/mol. The van der Waals surface area contributed by atoms with E-state index in [9.17, 15) is 9.59 Å². The van der Waals surface area contributed by atoms with Crippen LogP contribution in [0.3, 0.4) is 0 Å². The summed E-state index contributed by atoms with van der Waals surface area (Å²) >= 11 is 4.90. The van der Waals surface area contributed by atoms with Gasteiger partial charge in [0.25, 0.3) is 0 Å². The second kappa shape index (κ2) is 6.48. The van der Waals surface area contributed by atoms with Gasteiger partial charge in [0.05, 0.1) is 6.61 Å². The standard InChI is InChI=1S/C8H11ClO4/c1-6(7(10)11)4-2-3-5-13-8(9)12/h1-5H2,(H,10,11). The molecule has 0 bridgehead atoms. The van der Waals surface area contributed by atoms with Gasteiger partial charge in [0.2, 0.25) is 0 Å². The lowest BCUT2D eigenvalue weighted by atomic mass is 10.1. The highest BCUT2D eigenvalue weighted by Gasteiger charge is 2.03. The van der Waals surface area contributed by atoms with Crippen LogP contribution in [0.25, 0.3) is 0 Å². The molecule has 0 heterocycles. The molecule has 0 fully saturated rings. The highest BCUT2D eigenvalue weighted by molar-refractivity contribution is 6.61. The van der Waals surface area contributed by atoms with Crippen molar-refractivity contribution in [3.63, 3.8) is 0 Å². The Morgan fingerprint density at radius 2 is 2.00 bits per heavy atom. The fourth-order valence-corrected chi connectivity index (χ4v) is 0.777. The van der Waals surface area contributed by atoms with E-state index in [1.807, 2.05) is 0 Å². The smallest absolute Gasteiger partial charge is 0.403 e.